The second-order valence-corrected chi connectivity index (χ2v) is 10.5. The lowest BCUT2D eigenvalue weighted by Crippen LogP contribution is -2.41. The number of methoxy groups -OCH3 is 2. The van der Waals surface area contributed by atoms with E-state index in [0.717, 1.165) is 15.4 Å². The maximum Gasteiger partial charge on any atom is 0.243 e. The molecule has 0 heterocycles. The summed E-state index contributed by atoms with van der Waals surface area (Å²) in [6.07, 6.45) is 0. The second kappa shape index (κ2) is 11.7. The number of nitrogens with one attached hydrogen (secondary N) is 1. The van der Waals surface area contributed by atoms with Crippen LogP contribution in [-0.2, 0) is 21.4 Å². The van der Waals surface area contributed by atoms with Gasteiger partial charge in [-0.3, -0.25) is 4.79 Å². The number of halogens is 2. The van der Waals surface area contributed by atoms with E-state index in [9.17, 15) is 17.6 Å². The molecule has 0 aliphatic carbocycles. The summed E-state index contributed by atoms with van der Waals surface area (Å²) < 4.78 is 52.9. The zero-order chi connectivity index (χ0) is 26.5. The zero-order valence-electron chi connectivity index (χ0n) is 20.4. The summed E-state index contributed by atoms with van der Waals surface area (Å²) >= 11 is 6.16. The molecule has 1 atom stereocenters. The van der Waals surface area contributed by atoms with Gasteiger partial charge in [0.2, 0.25) is 15.9 Å². The molecule has 3 aromatic carbocycles. The Morgan fingerprint density at radius 1 is 1.06 bits per heavy atom. The molecule has 0 saturated heterocycles. The molecule has 1 unspecified atom stereocenters. The lowest BCUT2D eigenvalue weighted by atomic mass is 10.1. The third-order valence-corrected chi connectivity index (χ3v) is 7.82. The lowest BCUT2D eigenvalue weighted by Gasteiger charge is -2.24. The summed E-state index contributed by atoms with van der Waals surface area (Å²) in [5, 5.41) is 2.86. The first-order chi connectivity index (χ1) is 17.1. The van der Waals surface area contributed by atoms with Gasteiger partial charge in [0.05, 0.1) is 31.7 Å². The molecule has 0 aliphatic rings. The van der Waals surface area contributed by atoms with Crippen LogP contribution in [0.25, 0.3) is 0 Å². The van der Waals surface area contributed by atoms with Gasteiger partial charge in [0.15, 0.2) is 11.5 Å². The second-order valence-electron chi connectivity index (χ2n) is 8.19. The molecule has 0 aromatic heterocycles. The number of hydrogen-bond donors (Lipinski definition) is 1. The summed E-state index contributed by atoms with van der Waals surface area (Å²) in [5.74, 6) is -0.197. The van der Waals surface area contributed by atoms with E-state index in [2.05, 4.69) is 5.32 Å². The van der Waals surface area contributed by atoms with Gasteiger partial charge in [-0.2, -0.15) is 4.31 Å². The molecule has 3 aromatic rings. The number of benzene rings is 3. The first-order valence-corrected chi connectivity index (χ1v) is 12.9. The van der Waals surface area contributed by atoms with Gasteiger partial charge in [-0.1, -0.05) is 41.4 Å². The highest BCUT2D eigenvalue weighted by Gasteiger charge is 2.29. The molecule has 3 rings (SSSR count). The average Bonchev–Trinajstić information content (AvgIpc) is 2.85. The van der Waals surface area contributed by atoms with Crippen molar-refractivity contribution >= 4 is 27.5 Å². The quantitative estimate of drug-likeness (QED) is 0.401. The van der Waals surface area contributed by atoms with Crippen molar-refractivity contribution in [1.82, 2.24) is 9.62 Å². The normalized spacial score (nSPS) is 12.3. The number of carbonyl (C=O) groups is 1. The number of carbonyl (C=O) groups excluding carboxylic acids is 1. The standard InChI is InChI=1S/C26H28ClFN2O5S/c1-17-8-11-20(12-9-17)36(32,33)30(15-21-22(27)6-5-7-23(21)28)16-26(31)29-18(2)19-10-13-24(34-3)25(14-19)35-4/h5-14,18H,15-16H2,1-4H3,(H,29,31). The minimum Gasteiger partial charge on any atom is -0.493 e. The Hall–Kier alpha value is -3.14. The molecule has 1 N–H and O–H groups in total. The minimum absolute atomic E-state index is 0.0127. The summed E-state index contributed by atoms with van der Waals surface area (Å²) in [7, 11) is -1.13. The van der Waals surface area contributed by atoms with E-state index in [4.69, 9.17) is 21.1 Å². The molecule has 0 aliphatic heterocycles. The van der Waals surface area contributed by atoms with E-state index in [-0.39, 0.29) is 15.5 Å². The molecular formula is C26H28ClFN2O5S. The van der Waals surface area contributed by atoms with Crippen molar-refractivity contribution in [3.05, 3.63) is 88.2 Å². The van der Waals surface area contributed by atoms with Gasteiger partial charge in [0.25, 0.3) is 0 Å². The van der Waals surface area contributed by atoms with E-state index in [1.54, 1.807) is 37.3 Å². The largest absolute Gasteiger partial charge is 0.493 e. The average molecular weight is 535 g/mol. The van der Waals surface area contributed by atoms with Crippen LogP contribution >= 0.6 is 11.6 Å². The summed E-state index contributed by atoms with van der Waals surface area (Å²) in [6, 6.07) is 15.0. The first kappa shape index (κ1) is 27.4. The Labute approximate surface area is 215 Å². The number of aryl methyl sites for hydroxylation is 1. The van der Waals surface area contributed by atoms with Gasteiger partial charge in [-0.05, 0) is 55.8 Å². The van der Waals surface area contributed by atoms with Crippen LogP contribution < -0.4 is 14.8 Å². The van der Waals surface area contributed by atoms with Crippen LogP contribution in [0, 0.1) is 12.7 Å². The van der Waals surface area contributed by atoms with Crippen LogP contribution in [0.4, 0.5) is 4.39 Å². The molecular weight excluding hydrogens is 507 g/mol. The van der Waals surface area contributed by atoms with Crippen LogP contribution in [0.1, 0.15) is 29.7 Å². The third kappa shape index (κ3) is 6.34. The first-order valence-electron chi connectivity index (χ1n) is 11.1. The maximum absolute atomic E-state index is 14.5. The van der Waals surface area contributed by atoms with Crippen molar-refractivity contribution in [3.8, 4) is 11.5 Å². The molecule has 1 amide bonds. The Balaban J connectivity index is 1.88. The Morgan fingerprint density at radius 2 is 1.72 bits per heavy atom. The van der Waals surface area contributed by atoms with Gasteiger partial charge in [-0.15, -0.1) is 0 Å². The van der Waals surface area contributed by atoms with Crippen LogP contribution in [0.3, 0.4) is 0 Å². The molecule has 192 valence electrons. The highest BCUT2D eigenvalue weighted by molar-refractivity contribution is 7.89. The highest BCUT2D eigenvalue weighted by Crippen LogP contribution is 2.30. The van der Waals surface area contributed by atoms with Gasteiger partial charge in [-0.25, -0.2) is 12.8 Å². The predicted molar refractivity (Wildman–Crippen MR) is 136 cm³/mol. The molecule has 0 saturated carbocycles. The zero-order valence-corrected chi connectivity index (χ0v) is 22.0. The van der Waals surface area contributed by atoms with Gasteiger partial charge in [0, 0.05) is 17.1 Å². The van der Waals surface area contributed by atoms with Gasteiger partial charge >= 0.3 is 0 Å². The van der Waals surface area contributed by atoms with Crippen molar-refractivity contribution in [2.24, 2.45) is 0 Å². The molecule has 0 bridgehead atoms. The number of amides is 1. The third-order valence-electron chi connectivity index (χ3n) is 5.66. The summed E-state index contributed by atoms with van der Waals surface area (Å²) in [5.41, 5.74) is 1.58. The Bertz CT molecular complexity index is 1310. The highest BCUT2D eigenvalue weighted by atomic mass is 35.5. The molecule has 10 heteroatoms. The van der Waals surface area contributed by atoms with Crippen LogP contribution in [0.2, 0.25) is 5.02 Å². The minimum atomic E-state index is -4.15. The van der Waals surface area contributed by atoms with Crippen molar-refractivity contribution < 1.29 is 27.1 Å². The van der Waals surface area contributed by atoms with Crippen molar-refractivity contribution in [2.45, 2.75) is 31.3 Å². The van der Waals surface area contributed by atoms with Crippen molar-refractivity contribution in [2.75, 3.05) is 20.8 Å². The fourth-order valence-corrected chi connectivity index (χ4v) is 5.18. The van der Waals surface area contributed by atoms with Crippen LogP contribution in [0.15, 0.2) is 65.6 Å². The van der Waals surface area contributed by atoms with E-state index in [0.29, 0.717) is 11.5 Å². The number of rotatable bonds is 10. The Morgan fingerprint density at radius 3 is 2.33 bits per heavy atom. The molecule has 7 nitrogen and oxygen atoms in total. The topological polar surface area (TPSA) is 84.9 Å². The molecule has 0 fully saturated rings. The van der Waals surface area contributed by atoms with Crippen LogP contribution in [-0.4, -0.2) is 39.4 Å². The predicted octanol–water partition coefficient (Wildman–Crippen LogP) is 4.87. The maximum atomic E-state index is 14.5. The lowest BCUT2D eigenvalue weighted by molar-refractivity contribution is -0.122. The fraction of sp³-hybridized carbons (Fsp3) is 0.269. The molecule has 0 radical (unpaired) electrons. The SMILES string of the molecule is COc1ccc(C(C)NC(=O)CN(Cc2c(F)cccc2Cl)S(=O)(=O)c2ccc(C)cc2)cc1OC. The van der Waals surface area contributed by atoms with E-state index >= 15 is 0 Å². The summed E-state index contributed by atoms with van der Waals surface area (Å²) in [6.45, 7) is 2.63. The van der Waals surface area contributed by atoms with E-state index in [1.165, 1.54) is 44.6 Å². The van der Waals surface area contributed by atoms with Crippen molar-refractivity contribution in [3.63, 3.8) is 0 Å². The smallest absolute Gasteiger partial charge is 0.243 e. The molecule has 0 spiro atoms. The van der Waals surface area contributed by atoms with Crippen LogP contribution in [0.5, 0.6) is 11.5 Å². The van der Waals surface area contributed by atoms with Gasteiger partial charge < -0.3 is 14.8 Å². The monoisotopic (exact) mass is 534 g/mol. The Kier molecular flexibility index (Phi) is 8.94. The van der Waals surface area contributed by atoms with E-state index in [1.807, 2.05) is 6.92 Å². The fourth-order valence-electron chi connectivity index (χ4n) is 3.60. The number of hydrogen-bond acceptors (Lipinski definition) is 5. The number of ether oxygens (including phenoxy) is 2. The number of sulfonamides is 1. The summed E-state index contributed by atoms with van der Waals surface area (Å²) in [4.78, 5) is 13.0. The van der Waals surface area contributed by atoms with Gasteiger partial charge in [0.1, 0.15) is 5.82 Å². The number of nitrogens with zero attached hydrogens (tertiary/aromatic N) is 1. The molecule has 36 heavy (non-hydrogen) atoms. The van der Waals surface area contributed by atoms with Crippen molar-refractivity contribution in [1.29, 1.82) is 0 Å². The van der Waals surface area contributed by atoms with E-state index < -0.39 is 40.9 Å².